The summed E-state index contributed by atoms with van der Waals surface area (Å²) >= 11 is 0. The minimum absolute atomic E-state index is 0.157. The second-order valence-corrected chi connectivity index (χ2v) is 4.83. The van der Waals surface area contributed by atoms with Crippen LogP contribution in [0, 0.1) is 23.7 Å². The first-order valence-corrected chi connectivity index (χ1v) is 6.04. The highest BCUT2D eigenvalue weighted by atomic mass is 16.2. The van der Waals surface area contributed by atoms with Gasteiger partial charge in [0.15, 0.2) is 0 Å². The van der Waals surface area contributed by atoms with Gasteiger partial charge in [0.1, 0.15) is 5.41 Å². The van der Waals surface area contributed by atoms with Crippen LogP contribution in [0.2, 0.25) is 0 Å². The van der Waals surface area contributed by atoms with Crippen molar-refractivity contribution in [3.05, 3.63) is 29.6 Å². The van der Waals surface area contributed by atoms with Crippen LogP contribution in [0.1, 0.15) is 32.2 Å². The van der Waals surface area contributed by atoms with E-state index < -0.39 is 5.41 Å². The van der Waals surface area contributed by atoms with Gasteiger partial charge in [0.05, 0.1) is 18.3 Å². The molecule has 0 N–H and O–H groups in total. The third-order valence-electron chi connectivity index (χ3n) is 2.78. The van der Waals surface area contributed by atoms with Crippen molar-refractivity contribution in [2.24, 2.45) is 5.41 Å². The van der Waals surface area contributed by atoms with Gasteiger partial charge in [-0.25, -0.2) is 0 Å². The van der Waals surface area contributed by atoms with E-state index in [2.05, 4.69) is 4.98 Å². The smallest absolute Gasteiger partial charge is 0.242 e. The van der Waals surface area contributed by atoms with E-state index in [-0.39, 0.29) is 5.91 Å². The summed E-state index contributed by atoms with van der Waals surface area (Å²) in [6, 6.07) is 7.77. The fraction of sp³-hybridized carbons (Fsp3) is 0.500. The fourth-order valence-corrected chi connectivity index (χ4v) is 1.65. The van der Waals surface area contributed by atoms with Gasteiger partial charge in [-0.3, -0.25) is 9.78 Å². The first-order valence-electron chi connectivity index (χ1n) is 6.04. The molecule has 0 radical (unpaired) electrons. The van der Waals surface area contributed by atoms with Crippen molar-refractivity contribution in [1.29, 1.82) is 5.26 Å². The number of aryl methyl sites for hydroxylation is 1. The van der Waals surface area contributed by atoms with Gasteiger partial charge < -0.3 is 4.90 Å². The summed E-state index contributed by atoms with van der Waals surface area (Å²) in [6.07, 6.45) is 0. The van der Waals surface area contributed by atoms with Gasteiger partial charge in [0.25, 0.3) is 0 Å². The van der Waals surface area contributed by atoms with Crippen LogP contribution in [-0.4, -0.2) is 22.3 Å². The molecule has 0 saturated heterocycles. The largest absolute Gasteiger partial charge is 0.336 e. The highest BCUT2D eigenvalue weighted by Gasteiger charge is 2.31. The van der Waals surface area contributed by atoms with Crippen molar-refractivity contribution in [1.82, 2.24) is 9.88 Å². The molecule has 0 bridgehead atoms. The third kappa shape index (κ3) is 3.30. The molecule has 0 aliphatic rings. The Balaban J connectivity index is 2.87. The van der Waals surface area contributed by atoms with Gasteiger partial charge in [-0.15, -0.1) is 0 Å². The van der Waals surface area contributed by atoms with E-state index in [0.717, 1.165) is 11.4 Å². The molecule has 0 atom stereocenters. The van der Waals surface area contributed by atoms with E-state index in [9.17, 15) is 4.79 Å². The SMILES string of the molecule is CCN(Cc1cccc(C)n1)C(=O)C(C)(C)C#N. The van der Waals surface area contributed by atoms with E-state index in [1.807, 2.05) is 38.1 Å². The number of nitrogens with zero attached hydrogens (tertiary/aromatic N) is 3. The Morgan fingerprint density at radius 1 is 1.50 bits per heavy atom. The molecule has 0 fully saturated rings. The molecule has 96 valence electrons. The van der Waals surface area contributed by atoms with Crippen molar-refractivity contribution < 1.29 is 4.79 Å². The molecule has 0 aliphatic carbocycles. The fourth-order valence-electron chi connectivity index (χ4n) is 1.65. The zero-order valence-corrected chi connectivity index (χ0v) is 11.4. The number of aromatic nitrogens is 1. The summed E-state index contributed by atoms with van der Waals surface area (Å²) in [6.45, 7) is 8.12. The molecule has 1 heterocycles. The molecule has 0 aliphatic heterocycles. The van der Waals surface area contributed by atoms with Crippen LogP contribution < -0.4 is 0 Å². The number of pyridine rings is 1. The van der Waals surface area contributed by atoms with Crippen molar-refractivity contribution in [2.45, 2.75) is 34.2 Å². The predicted molar refractivity (Wildman–Crippen MR) is 69.5 cm³/mol. The zero-order valence-electron chi connectivity index (χ0n) is 11.4. The molecule has 4 heteroatoms. The quantitative estimate of drug-likeness (QED) is 0.817. The summed E-state index contributed by atoms with van der Waals surface area (Å²) in [5, 5.41) is 9.01. The Hall–Kier alpha value is -1.89. The van der Waals surface area contributed by atoms with Crippen LogP contribution in [0.25, 0.3) is 0 Å². The number of hydrogen-bond acceptors (Lipinski definition) is 3. The molecule has 1 amide bonds. The monoisotopic (exact) mass is 245 g/mol. The van der Waals surface area contributed by atoms with E-state index >= 15 is 0 Å². The maximum atomic E-state index is 12.2. The summed E-state index contributed by atoms with van der Waals surface area (Å²) in [5.41, 5.74) is 0.786. The van der Waals surface area contributed by atoms with Gasteiger partial charge in [-0.05, 0) is 39.8 Å². The van der Waals surface area contributed by atoms with Crippen LogP contribution in [0.15, 0.2) is 18.2 Å². The van der Waals surface area contributed by atoms with Crippen molar-refractivity contribution in [2.75, 3.05) is 6.54 Å². The van der Waals surface area contributed by atoms with E-state index in [0.29, 0.717) is 13.1 Å². The second-order valence-electron chi connectivity index (χ2n) is 4.83. The number of amides is 1. The summed E-state index contributed by atoms with van der Waals surface area (Å²) in [5.74, 6) is -0.157. The van der Waals surface area contributed by atoms with Gasteiger partial charge in [-0.1, -0.05) is 6.07 Å². The molecular formula is C14H19N3O. The molecule has 1 aromatic heterocycles. The van der Waals surface area contributed by atoms with Gasteiger partial charge in [0, 0.05) is 12.2 Å². The van der Waals surface area contributed by atoms with Crippen molar-refractivity contribution in [3.63, 3.8) is 0 Å². The normalized spacial score (nSPS) is 10.8. The first kappa shape index (κ1) is 14.2. The minimum Gasteiger partial charge on any atom is -0.336 e. The Kier molecular flexibility index (Phi) is 4.43. The zero-order chi connectivity index (χ0) is 13.8. The van der Waals surface area contributed by atoms with Crippen LogP contribution in [-0.2, 0) is 11.3 Å². The van der Waals surface area contributed by atoms with Gasteiger partial charge in [0.2, 0.25) is 5.91 Å². The number of carbonyl (C=O) groups is 1. The van der Waals surface area contributed by atoms with Crippen LogP contribution in [0.4, 0.5) is 0 Å². The molecule has 0 spiro atoms. The number of carbonyl (C=O) groups excluding carboxylic acids is 1. The summed E-state index contributed by atoms with van der Waals surface area (Å²) < 4.78 is 0. The number of rotatable bonds is 4. The lowest BCUT2D eigenvalue weighted by molar-refractivity contribution is -0.138. The Labute approximate surface area is 108 Å². The molecule has 18 heavy (non-hydrogen) atoms. The van der Waals surface area contributed by atoms with E-state index in [1.165, 1.54) is 0 Å². The first-order chi connectivity index (χ1) is 8.40. The predicted octanol–water partition coefficient (Wildman–Crippen LogP) is 2.29. The lowest BCUT2D eigenvalue weighted by Crippen LogP contribution is -2.39. The molecule has 0 unspecified atom stereocenters. The summed E-state index contributed by atoms with van der Waals surface area (Å²) in [4.78, 5) is 18.2. The third-order valence-corrected chi connectivity index (χ3v) is 2.78. The Morgan fingerprint density at radius 3 is 2.67 bits per heavy atom. The highest BCUT2D eigenvalue weighted by molar-refractivity contribution is 5.84. The Bertz CT molecular complexity index is 474. The van der Waals surface area contributed by atoms with E-state index in [1.54, 1.807) is 18.7 Å². The second kappa shape index (κ2) is 5.63. The topological polar surface area (TPSA) is 57.0 Å². The minimum atomic E-state index is -0.986. The molecule has 0 saturated carbocycles. The van der Waals surface area contributed by atoms with Crippen molar-refractivity contribution in [3.8, 4) is 6.07 Å². The number of hydrogen-bond donors (Lipinski definition) is 0. The number of nitriles is 1. The average Bonchev–Trinajstić information content (AvgIpc) is 2.35. The van der Waals surface area contributed by atoms with Gasteiger partial charge in [-0.2, -0.15) is 5.26 Å². The lowest BCUT2D eigenvalue weighted by Gasteiger charge is -2.26. The maximum absolute atomic E-state index is 12.2. The molecular weight excluding hydrogens is 226 g/mol. The average molecular weight is 245 g/mol. The van der Waals surface area contributed by atoms with Crippen LogP contribution in [0.3, 0.4) is 0 Å². The van der Waals surface area contributed by atoms with Crippen molar-refractivity contribution >= 4 is 5.91 Å². The highest BCUT2D eigenvalue weighted by Crippen LogP contribution is 2.18. The molecule has 1 aromatic rings. The summed E-state index contributed by atoms with van der Waals surface area (Å²) in [7, 11) is 0. The van der Waals surface area contributed by atoms with Gasteiger partial charge >= 0.3 is 0 Å². The Morgan fingerprint density at radius 2 is 2.17 bits per heavy atom. The molecule has 4 nitrogen and oxygen atoms in total. The van der Waals surface area contributed by atoms with E-state index in [4.69, 9.17) is 5.26 Å². The van der Waals surface area contributed by atoms with Crippen LogP contribution >= 0.6 is 0 Å². The maximum Gasteiger partial charge on any atom is 0.242 e. The molecule has 0 aromatic carbocycles. The lowest BCUT2D eigenvalue weighted by atomic mass is 9.93. The van der Waals surface area contributed by atoms with Crippen LogP contribution in [0.5, 0.6) is 0 Å². The molecule has 1 rings (SSSR count). The standard InChI is InChI=1S/C14H19N3O/c1-5-17(13(18)14(3,4)10-15)9-12-8-6-7-11(2)16-12/h6-8H,5,9H2,1-4H3.